The maximum absolute atomic E-state index is 9.83. The van der Waals surface area contributed by atoms with Crippen molar-refractivity contribution in [2.75, 3.05) is 26.4 Å². The van der Waals surface area contributed by atoms with E-state index in [4.69, 9.17) is 15.3 Å². The molecule has 11 heavy (non-hydrogen) atoms. The topological polar surface area (TPSA) is 87.0 Å². The van der Waals surface area contributed by atoms with E-state index in [0.717, 1.165) is 0 Å². The lowest BCUT2D eigenvalue weighted by Gasteiger charge is -2.24. The predicted molar refractivity (Wildman–Crippen MR) is 37.2 cm³/mol. The molecule has 5 nitrogen and oxygen atoms in total. The minimum atomic E-state index is -1.09. The molecule has 3 N–H and O–H groups in total. The van der Waals surface area contributed by atoms with Crippen LogP contribution in [0.3, 0.4) is 0 Å². The number of aliphatic hydroxyl groups excluding tert-OH is 3. The van der Waals surface area contributed by atoms with E-state index in [1.54, 1.807) is 0 Å². The van der Waals surface area contributed by atoms with Gasteiger partial charge in [-0.1, -0.05) is 0 Å². The molecule has 0 saturated carbocycles. The molecule has 0 radical (unpaired) electrons. The van der Waals surface area contributed by atoms with Crippen molar-refractivity contribution in [2.45, 2.75) is 0 Å². The van der Waals surface area contributed by atoms with Crippen LogP contribution in [-0.4, -0.2) is 41.7 Å². The average Bonchev–Trinajstić information content (AvgIpc) is 2.08. The van der Waals surface area contributed by atoms with Gasteiger partial charge in [0.25, 0.3) is 0 Å². The molecular formula is C5H11O5P. The van der Waals surface area contributed by atoms with E-state index in [-0.39, 0.29) is 6.61 Å². The lowest BCUT2D eigenvalue weighted by molar-refractivity contribution is -0.0230. The third-order valence-electron chi connectivity index (χ3n) is 1.43. The van der Waals surface area contributed by atoms with Gasteiger partial charge in [0.2, 0.25) is 0 Å². The molecule has 0 aromatic carbocycles. The van der Waals surface area contributed by atoms with Crippen molar-refractivity contribution < 1.29 is 24.4 Å². The summed E-state index contributed by atoms with van der Waals surface area (Å²) in [5.41, 5.74) is -1.09. The van der Waals surface area contributed by atoms with Crippen LogP contribution in [0.2, 0.25) is 0 Å². The summed E-state index contributed by atoms with van der Waals surface area (Å²) in [6.07, 6.45) is 0. The first-order valence-corrected chi connectivity index (χ1v) is 3.75. The third-order valence-corrected chi connectivity index (χ3v) is 1.66. The molecule has 0 saturated heterocycles. The second kappa shape index (κ2) is 5.57. The minimum Gasteiger partial charge on any atom is -0.396 e. The molecule has 0 rings (SSSR count). The van der Waals surface area contributed by atoms with Crippen molar-refractivity contribution in [1.82, 2.24) is 0 Å². The maximum atomic E-state index is 9.83. The summed E-state index contributed by atoms with van der Waals surface area (Å²) < 4.78 is 14.2. The number of rotatable bonds is 6. The van der Waals surface area contributed by atoms with Gasteiger partial charge in [-0.05, 0) is 0 Å². The van der Waals surface area contributed by atoms with Gasteiger partial charge < -0.3 is 15.3 Å². The standard InChI is InChI=1S/C5H11O5P/c6-1-5(2-7,3-8)4-10-11-9/h6-8H,1-4H2. The van der Waals surface area contributed by atoms with Crippen LogP contribution in [0.4, 0.5) is 0 Å². The van der Waals surface area contributed by atoms with Crippen LogP contribution in [-0.2, 0) is 9.09 Å². The largest absolute Gasteiger partial charge is 0.396 e. The zero-order valence-corrected chi connectivity index (χ0v) is 6.83. The van der Waals surface area contributed by atoms with Gasteiger partial charge in [-0.25, -0.2) is 4.57 Å². The molecule has 0 spiro atoms. The summed E-state index contributed by atoms with van der Waals surface area (Å²) in [4.78, 5) is 0. The van der Waals surface area contributed by atoms with E-state index in [9.17, 15) is 4.57 Å². The third kappa shape index (κ3) is 3.22. The van der Waals surface area contributed by atoms with Crippen molar-refractivity contribution in [3.63, 3.8) is 0 Å². The first kappa shape index (κ1) is 10.9. The molecule has 0 unspecified atom stereocenters. The molecule has 0 aliphatic carbocycles. The Balaban J connectivity index is 3.93. The fraction of sp³-hybridized carbons (Fsp3) is 1.00. The quantitative estimate of drug-likeness (QED) is 0.467. The zero-order chi connectivity index (χ0) is 8.74. The Morgan fingerprint density at radius 3 is 1.91 bits per heavy atom. The lowest BCUT2D eigenvalue weighted by Crippen LogP contribution is -2.37. The molecule has 0 aliphatic rings. The molecule has 0 bridgehead atoms. The van der Waals surface area contributed by atoms with Gasteiger partial charge in [-0.15, -0.1) is 0 Å². The summed E-state index contributed by atoms with van der Waals surface area (Å²) in [6.45, 7) is -1.36. The molecule has 0 aliphatic heterocycles. The van der Waals surface area contributed by atoms with Gasteiger partial charge in [-0.2, -0.15) is 0 Å². The molecule has 0 aromatic heterocycles. The molecule has 0 fully saturated rings. The fourth-order valence-corrected chi connectivity index (χ4v) is 0.777. The Kier molecular flexibility index (Phi) is 5.54. The number of aliphatic hydroxyl groups is 3. The van der Waals surface area contributed by atoms with Crippen LogP contribution in [0.25, 0.3) is 0 Å². The van der Waals surface area contributed by atoms with Crippen LogP contribution in [0.5, 0.6) is 0 Å². The molecule has 0 atom stereocenters. The van der Waals surface area contributed by atoms with Gasteiger partial charge in [-0.3, -0.25) is 4.52 Å². The van der Waals surface area contributed by atoms with Crippen LogP contribution in [0.1, 0.15) is 0 Å². The molecule has 0 aromatic rings. The molecule has 66 valence electrons. The van der Waals surface area contributed by atoms with E-state index in [2.05, 4.69) is 4.52 Å². The highest BCUT2D eigenvalue weighted by Gasteiger charge is 2.28. The summed E-state index contributed by atoms with van der Waals surface area (Å²) in [5.74, 6) is 0. The first-order chi connectivity index (χ1) is 5.24. The smallest absolute Gasteiger partial charge is 0.327 e. The van der Waals surface area contributed by atoms with Crippen LogP contribution in [0.15, 0.2) is 0 Å². The Labute approximate surface area is 65.9 Å². The van der Waals surface area contributed by atoms with E-state index in [0.29, 0.717) is 0 Å². The van der Waals surface area contributed by atoms with Crippen molar-refractivity contribution in [3.05, 3.63) is 0 Å². The fourth-order valence-electron chi connectivity index (χ4n) is 0.450. The summed E-state index contributed by atoms with van der Waals surface area (Å²) in [6, 6.07) is 0. The normalized spacial score (nSPS) is 12.3. The van der Waals surface area contributed by atoms with Crippen LogP contribution < -0.4 is 0 Å². The Hall–Kier alpha value is -0.0600. The van der Waals surface area contributed by atoms with Crippen LogP contribution >= 0.6 is 8.69 Å². The van der Waals surface area contributed by atoms with Crippen LogP contribution in [0, 0.1) is 5.41 Å². The van der Waals surface area contributed by atoms with Crippen molar-refractivity contribution >= 4 is 8.69 Å². The lowest BCUT2D eigenvalue weighted by atomic mass is 9.93. The molecular weight excluding hydrogens is 171 g/mol. The van der Waals surface area contributed by atoms with Gasteiger partial charge in [0.05, 0.1) is 31.8 Å². The Morgan fingerprint density at radius 2 is 1.64 bits per heavy atom. The van der Waals surface area contributed by atoms with Gasteiger partial charge in [0, 0.05) is 0 Å². The summed E-state index contributed by atoms with van der Waals surface area (Å²) in [5, 5.41) is 26.1. The summed E-state index contributed by atoms with van der Waals surface area (Å²) >= 11 is 0. The summed E-state index contributed by atoms with van der Waals surface area (Å²) in [7, 11) is -0.526. The molecule has 0 amide bonds. The second-order valence-electron chi connectivity index (χ2n) is 2.32. The SMILES string of the molecule is O=POCC(CO)(CO)CO. The molecule has 0 heterocycles. The van der Waals surface area contributed by atoms with Crippen molar-refractivity contribution in [2.24, 2.45) is 5.41 Å². The van der Waals surface area contributed by atoms with Gasteiger partial charge in [0.15, 0.2) is 0 Å². The zero-order valence-electron chi connectivity index (χ0n) is 5.93. The predicted octanol–water partition coefficient (Wildman–Crippen LogP) is -0.827. The second-order valence-corrected chi connectivity index (χ2v) is 2.73. The number of hydrogen-bond donors (Lipinski definition) is 3. The highest BCUT2D eigenvalue weighted by Crippen LogP contribution is 2.17. The maximum Gasteiger partial charge on any atom is 0.327 e. The Morgan fingerprint density at radius 1 is 1.18 bits per heavy atom. The molecule has 6 heteroatoms. The Bertz CT molecular complexity index is 105. The van der Waals surface area contributed by atoms with E-state index in [1.165, 1.54) is 0 Å². The average molecular weight is 182 g/mol. The van der Waals surface area contributed by atoms with E-state index >= 15 is 0 Å². The van der Waals surface area contributed by atoms with E-state index < -0.39 is 33.9 Å². The minimum absolute atomic E-state index is 0.137. The van der Waals surface area contributed by atoms with Crippen molar-refractivity contribution in [3.8, 4) is 0 Å². The highest BCUT2D eigenvalue weighted by atomic mass is 31.1. The van der Waals surface area contributed by atoms with Crippen molar-refractivity contribution in [1.29, 1.82) is 0 Å². The van der Waals surface area contributed by atoms with Gasteiger partial charge >= 0.3 is 8.69 Å². The highest BCUT2D eigenvalue weighted by molar-refractivity contribution is 7.17. The van der Waals surface area contributed by atoms with E-state index in [1.807, 2.05) is 0 Å². The van der Waals surface area contributed by atoms with Gasteiger partial charge in [0.1, 0.15) is 0 Å². The first-order valence-electron chi connectivity index (χ1n) is 3.02. The monoisotopic (exact) mass is 182 g/mol. The number of hydrogen-bond acceptors (Lipinski definition) is 5.